The Hall–Kier alpha value is -0.120. The van der Waals surface area contributed by atoms with Gasteiger partial charge >= 0.3 is 0 Å². The fraction of sp³-hybridized carbons (Fsp3) is 1.00. The first-order valence-electron chi connectivity index (χ1n) is 2.05. The van der Waals surface area contributed by atoms with Crippen LogP contribution in [-0.4, -0.2) is 20.8 Å². The van der Waals surface area contributed by atoms with E-state index in [0.717, 1.165) is 0 Å². The van der Waals surface area contributed by atoms with Gasteiger partial charge in [0.15, 0.2) is 0 Å². The summed E-state index contributed by atoms with van der Waals surface area (Å²) in [5, 5.41) is 0. The topological polar surface area (TPSA) is 44.5 Å². The van der Waals surface area contributed by atoms with Crippen molar-refractivity contribution in [1.82, 2.24) is 0 Å². The number of hydrogen-bond acceptors (Lipinski definition) is 3. The lowest BCUT2D eigenvalue weighted by molar-refractivity contribution is 0.152. The molecule has 0 aliphatic heterocycles. The molecule has 0 bridgehead atoms. The second-order valence-electron chi connectivity index (χ2n) is 0.864. The molecule has 0 aliphatic rings. The van der Waals surface area contributed by atoms with Crippen LogP contribution >= 0.6 is 0 Å². The molecule has 0 aliphatic carbocycles. The van der Waals surface area contributed by atoms with Crippen molar-refractivity contribution in [1.29, 1.82) is 0 Å². The molecule has 0 saturated carbocycles. The van der Waals surface area contributed by atoms with Crippen LogP contribution in [0.4, 0.5) is 0 Å². The van der Waals surface area contributed by atoms with Crippen molar-refractivity contribution in [2.75, 3.05) is 20.8 Å². The van der Waals surface area contributed by atoms with Crippen molar-refractivity contribution in [3.8, 4) is 0 Å². The summed E-state index contributed by atoms with van der Waals surface area (Å²) in [6.07, 6.45) is 0. The molecule has 46 valence electrons. The summed E-state index contributed by atoms with van der Waals surface area (Å²) >= 11 is 0. The molecule has 0 atom stereocenters. The Morgan fingerprint density at radius 1 is 1.43 bits per heavy atom. The summed E-state index contributed by atoms with van der Waals surface area (Å²) in [5.74, 6) is 4.53. The summed E-state index contributed by atoms with van der Waals surface area (Å²) in [6.45, 7) is 2.43. The van der Waals surface area contributed by atoms with Crippen molar-refractivity contribution in [3.05, 3.63) is 0 Å². The maximum Gasteiger partial charge on any atom is 0.0651 e. The van der Waals surface area contributed by atoms with Crippen molar-refractivity contribution < 1.29 is 9.57 Å². The van der Waals surface area contributed by atoms with E-state index in [2.05, 4.69) is 15.5 Å². The van der Waals surface area contributed by atoms with E-state index < -0.39 is 0 Å². The average Bonchev–Trinajstić information content (AvgIpc) is 1.69. The SMILES string of the molecule is CCON.COC. The van der Waals surface area contributed by atoms with Gasteiger partial charge < -0.3 is 9.57 Å². The van der Waals surface area contributed by atoms with E-state index in [1.165, 1.54) is 0 Å². The Morgan fingerprint density at radius 3 is 1.57 bits per heavy atom. The highest BCUT2D eigenvalue weighted by atomic mass is 16.6. The van der Waals surface area contributed by atoms with Gasteiger partial charge in [-0.05, 0) is 6.92 Å². The first-order chi connectivity index (χ1) is 3.33. The van der Waals surface area contributed by atoms with Crippen LogP contribution in [-0.2, 0) is 9.57 Å². The first-order valence-corrected chi connectivity index (χ1v) is 2.05. The summed E-state index contributed by atoms with van der Waals surface area (Å²) < 4.78 is 4.25. The fourth-order valence-electron chi connectivity index (χ4n) is 0. The third-order valence-electron chi connectivity index (χ3n) is 0.167. The molecule has 2 N–H and O–H groups in total. The van der Waals surface area contributed by atoms with Crippen LogP contribution in [0.2, 0.25) is 0 Å². The van der Waals surface area contributed by atoms with Crippen LogP contribution < -0.4 is 5.90 Å². The van der Waals surface area contributed by atoms with Gasteiger partial charge in [0.25, 0.3) is 0 Å². The van der Waals surface area contributed by atoms with Gasteiger partial charge in [-0.1, -0.05) is 0 Å². The molecule has 0 radical (unpaired) electrons. The van der Waals surface area contributed by atoms with Gasteiger partial charge in [-0.15, -0.1) is 0 Å². The zero-order chi connectivity index (χ0) is 6.12. The second-order valence-corrected chi connectivity index (χ2v) is 0.864. The minimum Gasteiger partial charge on any atom is -0.388 e. The van der Waals surface area contributed by atoms with Gasteiger partial charge in [0.05, 0.1) is 6.61 Å². The van der Waals surface area contributed by atoms with E-state index in [1.807, 2.05) is 6.92 Å². The molecule has 0 aromatic rings. The quantitative estimate of drug-likeness (QED) is 0.485. The van der Waals surface area contributed by atoms with E-state index in [9.17, 15) is 0 Å². The summed E-state index contributed by atoms with van der Waals surface area (Å²) in [6, 6.07) is 0. The Labute approximate surface area is 44.4 Å². The first kappa shape index (κ1) is 9.99. The molecule has 0 saturated heterocycles. The molecule has 0 amide bonds. The van der Waals surface area contributed by atoms with Crippen LogP contribution in [0.25, 0.3) is 0 Å². The molecule has 0 aromatic heterocycles. The lowest BCUT2D eigenvalue weighted by Crippen LogP contribution is -1.94. The molecule has 3 nitrogen and oxygen atoms in total. The van der Waals surface area contributed by atoms with Gasteiger partial charge in [-0.3, -0.25) is 0 Å². The van der Waals surface area contributed by atoms with Crippen LogP contribution in [0.5, 0.6) is 0 Å². The maximum absolute atomic E-state index is 4.53. The van der Waals surface area contributed by atoms with E-state index in [4.69, 9.17) is 0 Å². The fourth-order valence-corrected chi connectivity index (χ4v) is 0. The molecule has 3 heteroatoms. The van der Waals surface area contributed by atoms with E-state index >= 15 is 0 Å². The predicted molar refractivity (Wildman–Crippen MR) is 28.7 cm³/mol. The summed E-state index contributed by atoms with van der Waals surface area (Å²) in [7, 11) is 3.25. The van der Waals surface area contributed by atoms with Crippen molar-refractivity contribution in [3.63, 3.8) is 0 Å². The Balaban J connectivity index is 0. The van der Waals surface area contributed by atoms with E-state index in [0.29, 0.717) is 6.61 Å². The van der Waals surface area contributed by atoms with E-state index in [1.54, 1.807) is 14.2 Å². The molecule has 0 aromatic carbocycles. The largest absolute Gasteiger partial charge is 0.388 e. The Kier molecular flexibility index (Phi) is 24.1. The van der Waals surface area contributed by atoms with Crippen molar-refractivity contribution in [2.24, 2.45) is 5.90 Å². The van der Waals surface area contributed by atoms with Crippen LogP contribution in [0.15, 0.2) is 0 Å². The van der Waals surface area contributed by atoms with Crippen molar-refractivity contribution >= 4 is 0 Å². The lowest BCUT2D eigenvalue weighted by Gasteiger charge is -1.76. The van der Waals surface area contributed by atoms with Gasteiger partial charge in [0, 0.05) is 14.2 Å². The molecule has 0 unspecified atom stereocenters. The molecule has 0 heterocycles. The summed E-state index contributed by atoms with van der Waals surface area (Å²) in [4.78, 5) is 4.04. The number of methoxy groups -OCH3 is 1. The second kappa shape index (κ2) is 16.9. The average molecular weight is 107 g/mol. The Morgan fingerprint density at radius 2 is 1.57 bits per heavy atom. The zero-order valence-electron chi connectivity index (χ0n) is 5.10. The number of hydrogen-bond donors (Lipinski definition) is 1. The third-order valence-corrected chi connectivity index (χ3v) is 0.167. The highest BCUT2D eigenvalue weighted by molar-refractivity contribution is 3.91. The molecule has 0 rings (SSSR count). The van der Waals surface area contributed by atoms with Gasteiger partial charge in [-0.2, -0.15) is 0 Å². The van der Waals surface area contributed by atoms with Crippen LogP contribution in [0.3, 0.4) is 0 Å². The van der Waals surface area contributed by atoms with Gasteiger partial charge in [-0.25, -0.2) is 5.90 Å². The monoisotopic (exact) mass is 107 g/mol. The minimum atomic E-state index is 0.597. The van der Waals surface area contributed by atoms with Crippen LogP contribution in [0.1, 0.15) is 6.92 Å². The lowest BCUT2D eigenvalue weighted by atomic mass is 10.9. The maximum atomic E-state index is 4.53. The smallest absolute Gasteiger partial charge is 0.0651 e. The number of rotatable bonds is 1. The zero-order valence-corrected chi connectivity index (χ0v) is 5.10. The van der Waals surface area contributed by atoms with Gasteiger partial charge in [0.1, 0.15) is 0 Å². The van der Waals surface area contributed by atoms with Gasteiger partial charge in [0.2, 0.25) is 0 Å². The molecule has 0 spiro atoms. The normalized spacial score (nSPS) is 6.86. The summed E-state index contributed by atoms with van der Waals surface area (Å²) in [5.41, 5.74) is 0. The molecule has 7 heavy (non-hydrogen) atoms. The van der Waals surface area contributed by atoms with Crippen LogP contribution in [0, 0.1) is 0 Å². The minimum absolute atomic E-state index is 0.597. The molecule has 0 fully saturated rings. The Bertz CT molecular complexity index is 17.2. The van der Waals surface area contributed by atoms with Crippen molar-refractivity contribution in [2.45, 2.75) is 6.92 Å². The number of ether oxygens (including phenoxy) is 1. The third kappa shape index (κ3) is 114. The molecular weight excluding hydrogens is 94.0 g/mol. The van der Waals surface area contributed by atoms with E-state index in [-0.39, 0.29) is 0 Å². The highest BCUT2D eigenvalue weighted by Crippen LogP contribution is 1.46. The number of nitrogens with two attached hydrogens (primary N) is 1. The standard InChI is InChI=1S/C2H7NO.C2H6O/c1-2-4-3;1-3-2/h2-3H2,1H3;1-2H3. The predicted octanol–water partition coefficient (Wildman–Crippen LogP) is 0.159. The highest BCUT2D eigenvalue weighted by Gasteiger charge is 1.52. The molecular formula is C4H13NO2.